The van der Waals surface area contributed by atoms with Crippen LogP contribution in [0.15, 0.2) is 39.2 Å². The van der Waals surface area contributed by atoms with Gasteiger partial charge in [0.25, 0.3) is 0 Å². The van der Waals surface area contributed by atoms with Crippen molar-refractivity contribution in [3.05, 3.63) is 41.8 Å². The number of amides is 1. The fourth-order valence-corrected chi connectivity index (χ4v) is 3.28. The molecule has 0 saturated carbocycles. The largest absolute Gasteiger partial charge is 0.338 e. The van der Waals surface area contributed by atoms with Gasteiger partial charge in [0, 0.05) is 6.07 Å². The van der Waals surface area contributed by atoms with Gasteiger partial charge in [0.05, 0.1) is 17.1 Å². The summed E-state index contributed by atoms with van der Waals surface area (Å²) >= 11 is 2.46. The van der Waals surface area contributed by atoms with Crippen LogP contribution in [-0.2, 0) is 4.79 Å². The summed E-state index contributed by atoms with van der Waals surface area (Å²) in [6.45, 7) is 1.76. The first-order valence-electron chi connectivity index (χ1n) is 6.81. The third-order valence-corrected chi connectivity index (χ3v) is 4.71. The number of benzene rings is 1. The van der Waals surface area contributed by atoms with E-state index < -0.39 is 0 Å². The highest BCUT2D eigenvalue weighted by Crippen LogP contribution is 2.28. The molecule has 1 aromatic carbocycles. The molecule has 0 radical (unpaired) electrons. The van der Waals surface area contributed by atoms with Crippen LogP contribution < -0.4 is 10.6 Å². The zero-order valence-corrected chi connectivity index (χ0v) is 14.1. The maximum absolute atomic E-state index is 13.6. The van der Waals surface area contributed by atoms with Gasteiger partial charge in [-0.15, -0.1) is 10.2 Å². The molecule has 0 atom stereocenters. The van der Waals surface area contributed by atoms with E-state index in [2.05, 4.69) is 26.0 Å². The Kier molecular flexibility index (Phi) is 5.06. The van der Waals surface area contributed by atoms with Crippen molar-refractivity contribution in [1.82, 2.24) is 15.4 Å². The van der Waals surface area contributed by atoms with E-state index in [0.29, 0.717) is 26.7 Å². The number of carbonyl (C=O) groups is 1. The monoisotopic (exact) mass is 365 g/mol. The minimum absolute atomic E-state index is 0.147. The number of thioether (sulfide) groups is 1. The van der Waals surface area contributed by atoms with Gasteiger partial charge in [-0.25, -0.2) is 4.39 Å². The van der Waals surface area contributed by atoms with Crippen molar-refractivity contribution in [2.75, 3.05) is 16.4 Å². The second kappa shape index (κ2) is 7.41. The second-order valence-electron chi connectivity index (χ2n) is 4.65. The fourth-order valence-electron chi connectivity index (χ4n) is 1.72. The number of carbonyl (C=O) groups excluding carboxylic acids is 1. The fraction of sp³-hybridized carbons (Fsp3) is 0.143. The molecule has 2 aromatic heterocycles. The number of para-hydroxylation sites is 1. The number of halogens is 1. The van der Waals surface area contributed by atoms with Crippen molar-refractivity contribution in [3.63, 3.8) is 0 Å². The highest BCUT2D eigenvalue weighted by atomic mass is 32.2. The van der Waals surface area contributed by atoms with E-state index in [9.17, 15) is 9.18 Å². The van der Waals surface area contributed by atoms with Crippen molar-refractivity contribution in [1.29, 1.82) is 0 Å². The molecule has 10 heteroatoms. The minimum Gasteiger partial charge on any atom is -0.338 e. The Balaban J connectivity index is 1.52. The van der Waals surface area contributed by atoms with Crippen LogP contribution in [-0.4, -0.2) is 27.0 Å². The van der Waals surface area contributed by atoms with Gasteiger partial charge in [-0.05, 0) is 19.1 Å². The van der Waals surface area contributed by atoms with Gasteiger partial charge in [-0.2, -0.15) is 0 Å². The van der Waals surface area contributed by atoms with Crippen LogP contribution >= 0.6 is 23.1 Å². The van der Waals surface area contributed by atoms with Crippen molar-refractivity contribution in [3.8, 4) is 0 Å². The lowest BCUT2D eigenvalue weighted by atomic mass is 10.3. The molecule has 0 saturated heterocycles. The lowest BCUT2D eigenvalue weighted by Gasteiger charge is -2.01. The van der Waals surface area contributed by atoms with E-state index in [1.54, 1.807) is 31.2 Å². The quantitative estimate of drug-likeness (QED) is 0.646. The molecule has 0 bridgehead atoms. The SMILES string of the molecule is Cc1cc(NC(=O)CSc2nnc(Nc3ccccc3F)s2)on1. The van der Waals surface area contributed by atoms with Crippen LogP contribution in [0.25, 0.3) is 0 Å². The van der Waals surface area contributed by atoms with Gasteiger partial charge in [0.15, 0.2) is 4.34 Å². The third kappa shape index (κ3) is 4.30. The lowest BCUT2D eigenvalue weighted by Crippen LogP contribution is -2.13. The van der Waals surface area contributed by atoms with Gasteiger partial charge < -0.3 is 9.84 Å². The van der Waals surface area contributed by atoms with Crippen LogP contribution in [0.4, 0.5) is 21.1 Å². The maximum Gasteiger partial charge on any atom is 0.237 e. The third-order valence-electron chi connectivity index (χ3n) is 2.74. The van der Waals surface area contributed by atoms with Crippen LogP contribution in [0, 0.1) is 12.7 Å². The van der Waals surface area contributed by atoms with Crippen molar-refractivity contribution >= 4 is 45.7 Å². The van der Waals surface area contributed by atoms with E-state index in [0.717, 1.165) is 0 Å². The Morgan fingerprint density at radius 1 is 1.38 bits per heavy atom. The summed E-state index contributed by atoms with van der Waals surface area (Å²) in [4.78, 5) is 11.8. The van der Waals surface area contributed by atoms with Crippen LogP contribution in [0.5, 0.6) is 0 Å². The zero-order chi connectivity index (χ0) is 16.9. The lowest BCUT2D eigenvalue weighted by molar-refractivity contribution is -0.113. The summed E-state index contributed by atoms with van der Waals surface area (Å²) in [5.41, 5.74) is 1.01. The number of hydrogen-bond donors (Lipinski definition) is 2. The highest BCUT2D eigenvalue weighted by Gasteiger charge is 2.11. The summed E-state index contributed by atoms with van der Waals surface area (Å²) in [7, 11) is 0. The first kappa shape index (κ1) is 16.4. The molecule has 0 fully saturated rings. The molecule has 2 N–H and O–H groups in total. The number of hydrogen-bond acceptors (Lipinski definition) is 8. The molecular weight excluding hydrogens is 353 g/mol. The molecular formula is C14H12FN5O2S2. The van der Waals surface area contributed by atoms with Crippen LogP contribution in [0.1, 0.15) is 5.69 Å². The molecule has 0 unspecified atom stereocenters. The van der Waals surface area contributed by atoms with E-state index in [1.165, 1.54) is 29.2 Å². The van der Waals surface area contributed by atoms with Crippen LogP contribution in [0.3, 0.4) is 0 Å². The van der Waals surface area contributed by atoms with Crippen LogP contribution in [0.2, 0.25) is 0 Å². The molecule has 3 aromatic rings. The summed E-state index contributed by atoms with van der Waals surface area (Å²) in [5.74, 6) is -0.162. The zero-order valence-electron chi connectivity index (χ0n) is 12.4. The second-order valence-corrected chi connectivity index (χ2v) is 6.85. The van der Waals surface area contributed by atoms with E-state index in [-0.39, 0.29) is 17.5 Å². The van der Waals surface area contributed by atoms with E-state index in [1.807, 2.05) is 0 Å². The number of aryl methyl sites for hydroxylation is 1. The number of rotatable bonds is 6. The number of anilines is 3. The average Bonchev–Trinajstić information content (AvgIpc) is 3.17. The Morgan fingerprint density at radius 3 is 2.96 bits per heavy atom. The van der Waals surface area contributed by atoms with Gasteiger partial charge in [0.1, 0.15) is 5.82 Å². The van der Waals surface area contributed by atoms with Gasteiger partial charge in [-0.1, -0.05) is 40.4 Å². The standard InChI is InChI=1S/C14H12FN5O2S2/c1-8-6-12(22-20-8)17-11(21)7-23-14-19-18-13(24-14)16-10-5-3-2-4-9(10)15/h2-6H,7H2,1H3,(H,16,18)(H,17,21). The molecule has 0 aliphatic rings. The van der Waals surface area contributed by atoms with Gasteiger partial charge in [-0.3, -0.25) is 10.1 Å². The Labute approximate surface area is 144 Å². The predicted octanol–water partition coefficient (Wildman–Crippen LogP) is 3.45. The molecule has 124 valence electrons. The summed E-state index contributed by atoms with van der Waals surface area (Å²) < 4.78 is 19.1. The molecule has 3 rings (SSSR count). The normalized spacial score (nSPS) is 10.6. The Bertz CT molecular complexity index is 851. The molecule has 1 amide bonds. The summed E-state index contributed by atoms with van der Waals surface area (Å²) in [6, 6.07) is 7.92. The minimum atomic E-state index is -0.372. The van der Waals surface area contributed by atoms with Crippen molar-refractivity contribution in [2.45, 2.75) is 11.3 Å². The van der Waals surface area contributed by atoms with Crippen molar-refractivity contribution < 1.29 is 13.7 Å². The Hall–Kier alpha value is -2.46. The van der Waals surface area contributed by atoms with Gasteiger partial charge >= 0.3 is 0 Å². The summed E-state index contributed by atoms with van der Waals surface area (Å²) in [6.07, 6.45) is 0. The van der Waals surface area contributed by atoms with Crippen molar-refractivity contribution in [2.24, 2.45) is 0 Å². The van der Waals surface area contributed by atoms with E-state index in [4.69, 9.17) is 4.52 Å². The smallest absolute Gasteiger partial charge is 0.237 e. The Morgan fingerprint density at radius 2 is 2.21 bits per heavy atom. The number of nitrogens with one attached hydrogen (secondary N) is 2. The van der Waals surface area contributed by atoms with E-state index >= 15 is 0 Å². The number of nitrogens with zero attached hydrogens (tertiary/aromatic N) is 3. The number of aromatic nitrogens is 3. The average molecular weight is 365 g/mol. The summed E-state index contributed by atoms with van der Waals surface area (Å²) in [5, 5.41) is 17.5. The predicted molar refractivity (Wildman–Crippen MR) is 90.2 cm³/mol. The molecule has 0 spiro atoms. The molecule has 0 aliphatic carbocycles. The molecule has 2 heterocycles. The highest BCUT2D eigenvalue weighted by molar-refractivity contribution is 8.01. The maximum atomic E-state index is 13.6. The molecule has 0 aliphatic heterocycles. The molecule has 24 heavy (non-hydrogen) atoms. The first-order valence-corrected chi connectivity index (χ1v) is 8.61. The molecule has 7 nitrogen and oxygen atoms in total. The topological polar surface area (TPSA) is 92.9 Å². The van der Waals surface area contributed by atoms with Gasteiger partial charge in [0.2, 0.25) is 16.9 Å². The first-order chi connectivity index (χ1) is 11.6.